The summed E-state index contributed by atoms with van der Waals surface area (Å²) >= 11 is 0. The highest BCUT2D eigenvalue weighted by Gasteiger charge is 2.35. The molecule has 1 aromatic rings. The van der Waals surface area contributed by atoms with Gasteiger partial charge in [0.1, 0.15) is 0 Å². The molecule has 1 unspecified atom stereocenters. The minimum Gasteiger partial charge on any atom is -0.381 e. The van der Waals surface area contributed by atoms with Crippen LogP contribution >= 0.6 is 0 Å². The van der Waals surface area contributed by atoms with E-state index < -0.39 is 0 Å². The fourth-order valence-corrected chi connectivity index (χ4v) is 3.00. The zero-order valence-electron chi connectivity index (χ0n) is 11.1. The molecular formula is C15H23NO. The van der Waals surface area contributed by atoms with E-state index >= 15 is 0 Å². The van der Waals surface area contributed by atoms with Crippen LogP contribution in [-0.4, -0.2) is 18.2 Å². The highest BCUT2D eigenvalue weighted by atomic mass is 16.5. The fourth-order valence-electron chi connectivity index (χ4n) is 3.00. The van der Waals surface area contributed by atoms with Gasteiger partial charge in [0.25, 0.3) is 0 Å². The van der Waals surface area contributed by atoms with Crippen molar-refractivity contribution in [3.8, 4) is 0 Å². The standard InChI is InChI=1S/C15H23NO/c1-15(2,3)14(12-7-10-17-11-8-12)13-6-4-5-9-16-13/h4-6,9,12,14H,7-8,10-11H2,1-3H3. The summed E-state index contributed by atoms with van der Waals surface area (Å²) < 4.78 is 5.48. The molecule has 1 saturated heterocycles. The highest BCUT2D eigenvalue weighted by Crippen LogP contribution is 2.43. The first kappa shape index (κ1) is 12.6. The molecule has 2 nitrogen and oxygen atoms in total. The molecule has 17 heavy (non-hydrogen) atoms. The van der Waals surface area contributed by atoms with Gasteiger partial charge in [0.05, 0.1) is 0 Å². The first-order chi connectivity index (χ1) is 8.09. The lowest BCUT2D eigenvalue weighted by Crippen LogP contribution is -2.31. The molecule has 1 aliphatic rings. The van der Waals surface area contributed by atoms with Crippen LogP contribution in [0.1, 0.15) is 45.2 Å². The van der Waals surface area contributed by atoms with Crippen LogP contribution in [0.5, 0.6) is 0 Å². The number of aromatic nitrogens is 1. The zero-order valence-corrected chi connectivity index (χ0v) is 11.1. The van der Waals surface area contributed by atoms with E-state index in [0.717, 1.165) is 13.2 Å². The van der Waals surface area contributed by atoms with Gasteiger partial charge < -0.3 is 4.74 Å². The van der Waals surface area contributed by atoms with Crippen LogP contribution in [0.15, 0.2) is 24.4 Å². The second kappa shape index (κ2) is 5.18. The summed E-state index contributed by atoms with van der Waals surface area (Å²) in [5.74, 6) is 1.24. The Balaban J connectivity index is 2.25. The maximum atomic E-state index is 5.48. The van der Waals surface area contributed by atoms with Gasteiger partial charge >= 0.3 is 0 Å². The molecule has 94 valence electrons. The van der Waals surface area contributed by atoms with E-state index in [0.29, 0.717) is 11.8 Å². The molecule has 0 N–H and O–H groups in total. The van der Waals surface area contributed by atoms with Gasteiger partial charge in [-0.1, -0.05) is 26.8 Å². The monoisotopic (exact) mass is 233 g/mol. The number of nitrogens with zero attached hydrogens (tertiary/aromatic N) is 1. The maximum Gasteiger partial charge on any atom is 0.0468 e. The maximum absolute atomic E-state index is 5.48. The second-order valence-electron chi connectivity index (χ2n) is 6.05. The van der Waals surface area contributed by atoms with Gasteiger partial charge in [0.2, 0.25) is 0 Å². The van der Waals surface area contributed by atoms with Gasteiger partial charge in [-0.05, 0) is 36.3 Å². The molecule has 2 heteroatoms. The van der Waals surface area contributed by atoms with Crippen molar-refractivity contribution in [3.63, 3.8) is 0 Å². The van der Waals surface area contributed by atoms with Gasteiger partial charge in [-0.25, -0.2) is 0 Å². The molecule has 1 aromatic heterocycles. The Hall–Kier alpha value is -0.890. The third kappa shape index (κ3) is 3.06. The number of rotatable bonds is 2. The van der Waals surface area contributed by atoms with Crippen LogP contribution in [0.3, 0.4) is 0 Å². The summed E-state index contributed by atoms with van der Waals surface area (Å²) in [5, 5.41) is 0. The van der Waals surface area contributed by atoms with E-state index in [9.17, 15) is 0 Å². The van der Waals surface area contributed by atoms with Crippen LogP contribution in [0.4, 0.5) is 0 Å². The van der Waals surface area contributed by atoms with Gasteiger partial charge in [-0.3, -0.25) is 4.98 Å². The lowest BCUT2D eigenvalue weighted by Gasteiger charge is -2.38. The molecule has 0 amide bonds. The lowest BCUT2D eigenvalue weighted by molar-refractivity contribution is 0.0411. The summed E-state index contributed by atoms with van der Waals surface area (Å²) in [6.07, 6.45) is 4.24. The quantitative estimate of drug-likeness (QED) is 0.778. The summed E-state index contributed by atoms with van der Waals surface area (Å²) in [7, 11) is 0. The lowest BCUT2D eigenvalue weighted by atomic mass is 9.69. The summed E-state index contributed by atoms with van der Waals surface area (Å²) in [5.41, 5.74) is 1.50. The predicted octanol–water partition coefficient (Wildman–Crippen LogP) is 3.64. The first-order valence-corrected chi connectivity index (χ1v) is 6.58. The van der Waals surface area contributed by atoms with E-state index in [-0.39, 0.29) is 5.41 Å². The number of pyridine rings is 1. The molecule has 2 heterocycles. The van der Waals surface area contributed by atoms with Crippen molar-refractivity contribution in [2.75, 3.05) is 13.2 Å². The Labute approximate surface area is 104 Å². The Kier molecular flexibility index (Phi) is 3.82. The molecule has 1 fully saturated rings. The number of hydrogen-bond donors (Lipinski definition) is 0. The zero-order chi connectivity index (χ0) is 12.3. The van der Waals surface area contributed by atoms with Crippen molar-refractivity contribution in [2.24, 2.45) is 11.3 Å². The van der Waals surface area contributed by atoms with Crippen molar-refractivity contribution in [1.82, 2.24) is 4.98 Å². The highest BCUT2D eigenvalue weighted by molar-refractivity contribution is 5.14. The minimum atomic E-state index is 0.260. The Morgan fingerprint density at radius 3 is 2.47 bits per heavy atom. The average Bonchev–Trinajstić information content (AvgIpc) is 2.30. The number of ether oxygens (including phenoxy) is 1. The van der Waals surface area contributed by atoms with E-state index in [4.69, 9.17) is 4.74 Å². The van der Waals surface area contributed by atoms with Gasteiger partial charge in [0, 0.05) is 31.0 Å². The second-order valence-corrected chi connectivity index (χ2v) is 6.05. The molecule has 0 bridgehead atoms. The Bertz CT molecular complexity index is 336. The molecule has 1 atom stereocenters. The molecule has 2 rings (SSSR count). The van der Waals surface area contributed by atoms with E-state index in [1.807, 2.05) is 12.3 Å². The molecule has 0 saturated carbocycles. The third-order valence-corrected chi connectivity index (χ3v) is 3.68. The molecular weight excluding hydrogens is 210 g/mol. The first-order valence-electron chi connectivity index (χ1n) is 6.58. The Morgan fingerprint density at radius 1 is 1.24 bits per heavy atom. The van der Waals surface area contributed by atoms with Crippen LogP contribution in [-0.2, 0) is 4.74 Å². The molecule has 0 aromatic carbocycles. The molecule has 0 spiro atoms. The molecule has 1 aliphatic heterocycles. The van der Waals surface area contributed by atoms with Gasteiger partial charge in [-0.2, -0.15) is 0 Å². The average molecular weight is 233 g/mol. The van der Waals surface area contributed by atoms with Crippen molar-refractivity contribution in [2.45, 2.75) is 39.5 Å². The smallest absolute Gasteiger partial charge is 0.0468 e. The molecule has 0 radical (unpaired) electrons. The summed E-state index contributed by atoms with van der Waals surface area (Å²) in [6.45, 7) is 8.78. The van der Waals surface area contributed by atoms with Crippen LogP contribution < -0.4 is 0 Å². The third-order valence-electron chi connectivity index (χ3n) is 3.68. The largest absolute Gasteiger partial charge is 0.381 e. The van der Waals surface area contributed by atoms with Gasteiger partial charge in [0.15, 0.2) is 0 Å². The van der Waals surface area contributed by atoms with E-state index in [1.54, 1.807) is 0 Å². The minimum absolute atomic E-state index is 0.260. The van der Waals surface area contributed by atoms with Crippen LogP contribution in [0, 0.1) is 11.3 Å². The Morgan fingerprint density at radius 2 is 1.94 bits per heavy atom. The molecule has 0 aliphatic carbocycles. The van der Waals surface area contributed by atoms with Crippen molar-refractivity contribution in [1.29, 1.82) is 0 Å². The van der Waals surface area contributed by atoms with E-state index in [2.05, 4.69) is 37.9 Å². The SMILES string of the molecule is CC(C)(C)C(c1ccccn1)C1CCOCC1. The van der Waals surface area contributed by atoms with Crippen molar-refractivity contribution in [3.05, 3.63) is 30.1 Å². The van der Waals surface area contributed by atoms with Crippen LogP contribution in [0.25, 0.3) is 0 Å². The normalized spacial score (nSPS) is 20.2. The van der Waals surface area contributed by atoms with Crippen molar-refractivity contribution < 1.29 is 4.74 Å². The summed E-state index contributed by atoms with van der Waals surface area (Å²) in [4.78, 5) is 4.58. The fraction of sp³-hybridized carbons (Fsp3) is 0.667. The summed E-state index contributed by atoms with van der Waals surface area (Å²) in [6, 6.07) is 6.26. The number of hydrogen-bond acceptors (Lipinski definition) is 2. The van der Waals surface area contributed by atoms with E-state index in [1.165, 1.54) is 18.5 Å². The van der Waals surface area contributed by atoms with Crippen LogP contribution in [0.2, 0.25) is 0 Å². The van der Waals surface area contributed by atoms with Gasteiger partial charge in [-0.15, -0.1) is 0 Å². The topological polar surface area (TPSA) is 22.1 Å². The van der Waals surface area contributed by atoms with Crippen molar-refractivity contribution >= 4 is 0 Å². The predicted molar refractivity (Wildman–Crippen MR) is 70.0 cm³/mol.